The molecule has 1 unspecified atom stereocenters. The van der Waals surface area contributed by atoms with Crippen LogP contribution in [0, 0.1) is 0 Å². The highest BCUT2D eigenvalue weighted by molar-refractivity contribution is 5.99. The van der Waals surface area contributed by atoms with Crippen LogP contribution < -0.4 is 27.4 Å². The molecule has 2 rings (SSSR count). The van der Waals surface area contributed by atoms with Crippen molar-refractivity contribution < 1.29 is 24.3 Å². The number of amides is 5. The minimum absolute atomic E-state index is 0.0576. The van der Waals surface area contributed by atoms with E-state index in [1.54, 1.807) is 12.1 Å². The van der Waals surface area contributed by atoms with E-state index in [1.165, 1.54) is 24.4 Å². The van der Waals surface area contributed by atoms with E-state index >= 15 is 0 Å². The average Bonchev–Trinajstić information content (AvgIpc) is 3.15. The van der Waals surface area contributed by atoms with E-state index in [2.05, 4.69) is 20.9 Å². The number of aliphatic hydroxyl groups is 1. The van der Waals surface area contributed by atoms with Crippen LogP contribution in [-0.4, -0.2) is 53.0 Å². The Kier molecular flexibility index (Phi) is 6.71. The van der Waals surface area contributed by atoms with Crippen LogP contribution >= 0.6 is 0 Å². The molecule has 0 aliphatic heterocycles. The molecule has 0 radical (unpaired) electrons. The van der Waals surface area contributed by atoms with Crippen LogP contribution in [0.3, 0.4) is 0 Å². The number of aliphatic hydroxyl groups excluding tert-OH is 1. The molecule has 2 aromatic rings. The highest BCUT2D eigenvalue weighted by atomic mass is 16.3. The van der Waals surface area contributed by atoms with Crippen LogP contribution in [0.15, 0.2) is 36.5 Å². The third kappa shape index (κ3) is 5.57. The first-order valence-corrected chi connectivity index (χ1v) is 8.14. The number of anilines is 1. The van der Waals surface area contributed by atoms with Crippen molar-refractivity contribution in [3.63, 3.8) is 0 Å². The topological polar surface area (TPSA) is 192 Å². The van der Waals surface area contributed by atoms with Crippen molar-refractivity contribution >= 4 is 29.4 Å². The molecule has 0 saturated carbocycles. The fourth-order valence-corrected chi connectivity index (χ4v) is 2.29. The lowest BCUT2D eigenvalue weighted by atomic mass is 10.2. The Morgan fingerprint density at radius 1 is 1.07 bits per heavy atom. The Hall–Kier alpha value is -3.86. The SMILES string of the molecule is NC(=O)Nc1cccc(C(=O)NCC(CO)NC(=O)c2cc(C(N)=O)c[nH]2)c1. The van der Waals surface area contributed by atoms with E-state index in [0.29, 0.717) is 5.69 Å². The number of nitrogens with two attached hydrogens (primary N) is 2. The number of urea groups is 1. The Bertz CT molecular complexity index is 894. The number of primary amides is 2. The first-order valence-electron chi connectivity index (χ1n) is 8.14. The second-order valence-corrected chi connectivity index (χ2v) is 5.80. The van der Waals surface area contributed by atoms with Gasteiger partial charge in [0, 0.05) is 24.0 Å². The third-order valence-corrected chi connectivity index (χ3v) is 3.67. The zero-order chi connectivity index (χ0) is 20.7. The monoisotopic (exact) mass is 388 g/mol. The van der Waals surface area contributed by atoms with E-state index in [0.717, 1.165) is 0 Å². The van der Waals surface area contributed by atoms with Gasteiger partial charge in [-0.05, 0) is 24.3 Å². The Balaban J connectivity index is 1.93. The summed E-state index contributed by atoms with van der Waals surface area (Å²) in [5.74, 6) is -1.74. The molecule has 0 fully saturated rings. The summed E-state index contributed by atoms with van der Waals surface area (Å²) in [6.45, 7) is -0.489. The van der Waals surface area contributed by atoms with E-state index in [-0.39, 0.29) is 23.4 Å². The van der Waals surface area contributed by atoms with Crippen molar-refractivity contribution in [2.75, 3.05) is 18.5 Å². The van der Waals surface area contributed by atoms with Crippen LogP contribution in [0.1, 0.15) is 31.2 Å². The third-order valence-electron chi connectivity index (χ3n) is 3.67. The standard InChI is InChI=1S/C17H20N6O5/c18-14(25)10-5-13(20-6-10)16(27)22-12(8-24)7-21-15(26)9-2-1-3-11(4-9)23-17(19)28/h1-6,12,20,24H,7-8H2,(H2,18,25)(H,21,26)(H,22,27)(H3,19,23,28). The van der Waals surface area contributed by atoms with Crippen LogP contribution in [0.4, 0.5) is 10.5 Å². The maximum atomic E-state index is 12.2. The lowest BCUT2D eigenvalue weighted by Gasteiger charge is -2.17. The van der Waals surface area contributed by atoms with Gasteiger partial charge in [-0.2, -0.15) is 0 Å². The van der Waals surface area contributed by atoms with Crippen molar-refractivity contribution in [2.24, 2.45) is 11.5 Å². The summed E-state index contributed by atoms with van der Waals surface area (Å²) in [7, 11) is 0. The molecule has 0 bridgehead atoms. The highest BCUT2D eigenvalue weighted by Crippen LogP contribution is 2.10. The number of rotatable bonds is 8. The van der Waals surface area contributed by atoms with E-state index in [9.17, 15) is 24.3 Å². The molecule has 0 saturated heterocycles. The van der Waals surface area contributed by atoms with Gasteiger partial charge in [-0.15, -0.1) is 0 Å². The van der Waals surface area contributed by atoms with Crippen LogP contribution in [0.5, 0.6) is 0 Å². The van der Waals surface area contributed by atoms with E-state index in [1.807, 2.05) is 0 Å². The van der Waals surface area contributed by atoms with Gasteiger partial charge in [0.15, 0.2) is 0 Å². The number of hydrogen-bond acceptors (Lipinski definition) is 5. The van der Waals surface area contributed by atoms with Crippen molar-refractivity contribution in [1.29, 1.82) is 0 Å². The molecular weight excluding hydrogens is 368 g/mol. The van der Waals surface area contributed by atoms with Gasteiger partial charge in [-0.25, -0.2) is 4.79 Å². The van der Waals surface area contributed by atoms with Gasteiger partial charge < -0.3 is 37.5 Å². The molecule has 0 spiro atoms. The molecule has 0 aliphatic carbocycles. The average molecular weight is 388 g/mol. The molecule has 1 atom stereocenters. The predicted molar refractivity (Wildman–Crippen MR) is 99.6 cm³/mol. The number of nitrogens with one attached hydrogen (secondary N) is 4. The number of H-pyrrole nitrogens is 1. The van der Waals surface area contributed by atoms with Crippen molar-refractivity contribution in [1.82, 2.24) is 15.6 Å². The summed E-state index contributed by atoms with van der Waals surface area (Å²) < 4.78 is 0. The summed E-state index contributed by atoms with van der Waals surface area (Å²) in [5.41, 5.74) is 11.0. The summed E-state index contributed by atoms with van der Waals surface area (Å²) in [4.78, 5) is 48.9. The molecule has 1 heterocycles. The quantitative estimate of drug-likeness (QED) is 0.308. The molecule has 11 nitrogen and oxygen atoms in total. The second-order valence-electron chi connectivity index (χ2n) is 5.80. The first-order chi connectivity index (χ1) is 13.3. The summed E-state index contributed by atoms with van der Waals surface area (Å²) in [5, 5.41) is 16.9. The predicted octanol–water partition coefficient (Wildman–Crippen LogP) is -0.875. The zero-order valence-corrected chi connectivity index (χ0v) is 14.7. The molecule has 28 heavy (non-hydrogen) atoms. The summed E-state index contributed by atoms with van der Waals surface area (Å²) in [6.07, 6.45) is 1.29. The van der Waals surface area contributed by atoms with Gasteiger partial charge in [0.25, 0.3) is 11.8 Å². The maximum Gasteiger partial charge on any atom is 0.316 e. The maximum absolute atomic E-state index is 12.2. The largest absolute Gasteiger partial charge is 0.394 e. The first kappa shape index (κ1) is 20.5. The number of hydrogen-bond donors (Lipinski definition) is 7. The Morgan fingerprint density at radius 2 is 1.82 bits per heavy atom. The molecule has 1 aromatic heterocycles. The van der Waals surface area contributed by atoms with Crippen LogP contribution in [0.2, 0.25) is 0 Å². The highest BCUT2D eigenvalue weighted by Gasteiger charge is 2.17. The fraction of sp³-hybridized carbons (Fsp3) is 0.176. The van der Waals surface area contributed by atoms with Gasteiger partial charge in [-0.1, -0.05) is 6.07 Å². The lowest BCUT2D eigenvalue weighted by Crippen LogP contribution is -2.46. The summed E-state index contributed by atoms with van der Waals surface area (Å²) >= 11 is 0. The Labute approximate surface area is 159 Å². The summed E-state index contributed by atoms with van der Waals surface area (Å²) in [6, 6.07) is 5.83. The normalized spacial score (nSPS) is 11.3. The number of aromatic amines is 1. The van der Waals surface area contributed by atoms with Gasteiger partial charge >= 0.3 is 6.03 Å². The van der Waals surface area contributed by atoms with Crippen LogP contribution in [-0.2, 0) is 0 Å². The van der Waals surface area contributed by atoms with Crippen LogP contribution in [0.25, 0.3) is 0 Å². The number of carbonyl (C=O) groups excluding carboxylic acids is 4. The minimum atomic E-state index is -0.774. The molecule has 1 aromatic carbocycles. The van der Waals surface area contributed by atoms with E-state index < -0.39 is 36.4 Å². The minimum Gasteiger partial charge on any atom is -0.394 e. The molecule has 148 valence electrons. The molecule has 11 heteroatoms. The second kappa shape index (κ2) is 9.19. The number of aromatic nitrogens is 1. The fourth-order valence-electron chi connectivity index (χ4n) is 2.29. The smallest absolute Gasteiger partial charge is 0.316 e. The molecular formula is C17H20N6O5. The van der Waals surface area contributed by atoms with Crippen molar-refractivity contribution in [3.05, 3.63) is 53.3 Å². The lowest BCUT2D eigenvalue weighted by molar-refractivity contribution is 0.0884. The van der Waals surface area contributed by atoms with Gasteiger partial charge in [0.2, 0.25) is 5.91 Å². The zero-order valence-electron chi connectivity index (χ0n) is 14.7. The Morgan fingerprint density at radius 3 is 2.43 bits per heavy atom. The molecule has 0 aliphatic rings. The number of benzene rings is 1. The molecule has 9 N–H and O–H groups in total. The van der Waals surface area contributed by atoms with Crippen molar-refractivity contribution in [3.8, 4) is 0 Å². The van der Waals surface area contributed by atoms with E-state index in [4.69, 9.17) is 11.5 Å². The number of carbonyl (C=O) groups is 4. The molecule has 5 amide bonds. The van der Waals surface area contributed by atoms with Crippen molar-refractivity contribution in [2.45, 2.75) is 6.04 Å². The van der Waals surface area contributed by atoms with Gasteiger partial charge in [0.1, 0.15) is 5.69 Å². The van der Waals surface area contributed by atoms with Gasteiger partial charge in [-0.3, -0.25) is 14.4 Å². The van der Waals surface area contributed by atoms with Gasteiger partial charge in [0.05, 0.1) is 18.2 Å².